The molecule has 0 radical (unpaired) electrons. The number of phenols is 4. The number of ether oxygens (including phenoxy) is 1. The molecule has 23 heavy (non-hydrogen) atoms. The monoisotopic (exact) mass is 316 g/mol. The summed E-state index contributed by atoms with van der Waals surface area (Å²) in [5.74, 6) is -2.00. The van der Waals surface area contributed by atoms with Crippen LogP contribution in [0.1, 0.15) is 0 Å². The van der Waals surface area contributed by atoms with Crippen LogP contribution in [0, 0.1) is 0 Å². The molecular formula is C16H12O7. The maximum absolute atomic E-state index is 12.5. The molecule has 0 saturated heterocycles. The summed E-state index contributed by atoms with van der Waals surface area (Å²) < 4.78 is 10.6. The van der Waals surface area contributed by atoms with E-state index in [1.165, 1.54) is 31.4 Å². The van der Waals surface area contributed by atoms with Gasteiger partial charge in [0.2, 0.25) is 16.9 Å². The van der Waals surface area contributed by atoms with E-state index in [4.69, 9.17) is 9.15 Å². The Morgan fingerprint density at radius 3 is 2.26 bits per heavy atom. The molecule has 7 nitrogen and oxygen atoms in total. The molecule has 3 rings (SSSR count). The molecule has 0 amide bonds. The molecule has 7 heteroatoms. The first kappa shape index (κ1) is 14.6. The molecule has 1 aromatic heterocycles. The predicted molar refractivity (Wildman–Crippen MR) is 81.1 cm³/mol. The van der Waals surface area contributed by atoms with Crippen LogP contribution in [0.3, 0.4) is 0 Å². The number of rotatable bonds is 2. The highest BCUT2D eigenvalue weighted by atomic mass is 16.5. The summed E-state index contributed by atoms with van der Waals surface area (Å²) in [6.07, 6.45) is 0. The molecular weight excluding hydrogens is 304 g/mol. The minimum atomic E-state index is -0.704. The lowest BCUT2D eigenvalue weighted by Gasteiger charge is -2.11. The van der Waals surface area contributed by atoms with E-state index in [0.717, 1.165) is 6.07 Å². The van der Waals surface area contributed by atoms with Gasteiger partial charge in [0.25, 0.3) is 0 Å². The van der Waals surface area contributed by atoms with Gasteiger partial charge in [-0.25, -0.2) is 0 Å². The van der Waals surface area contributed by atoms with Crippen LogP contribution in [0.15, 0.2) is 39.5 Å². The first-order chi connectivity index (χ1) is 10.9. The second kappa shape index (κ2) is 5.13. The average Bonchev–Trinajstić information content (AvgIpc) is 2.52. The van der Waals surface area contributed by atoms with E-state index >= 15 is 0 Å². The Bertz CT molecular complexity index is 955. The standard InChI is InChI=1S/C16H12O7/c1-22-16-13(21)11-9(18)6-10(19)12(20)15(11)23-14(16)7-2-4-8(17)5-3-7/h2-6,17-20H,1H3. The molecule has 0 saturated carbocycles. The van der Waals surface area contributed by atoms with Gasteiger partial charge in [-0.2, -0.15) is 0 Å². The van der Waals surface area contributed by atoms with Crippen LogP contribution in [0.5, 0.6) is 28.7 Å². The lowest BCUT2D eigenvalue weighted by molar-refractivity contribution is 0.383. The Labute approximate surface area is 129 Å². The number of methoxy groups -OCH3 is 1. The summed E-state index contributed by atoms with van der Waals surface area (Å²) in [7, 11) is 1.26. The summed E-state index contributed by atoms with van der Waals surface area (Å²) in [4.78, 5) is 12.5. The van der Waals surface area contributed by atoms with Crippen LogP contribution in [0.2, 0.25) is 0 Å². The molecule has 2 aromatic carbocycles. The maximum Gasteiger partial charge on any atom is 0.239 e. The summed E-state index contributed by atoms with van der Waals surface area (Å²) in [6, 6.07) is 6.59. The molecule has 3 aromatic rings. The van der Waals surface area contributed by atoms with Crippen molar-refractivity contribution in [1.29, 1.82) is 0 Å². The Kier molecular flexibility index (Phi) is 3.25. The Morgan fingerprint density at radius 2 is 1.65 bits per heavy atom. The van der Waals surface area contributed by atoms with Gasteiger partial charge in [0, 0.05) is 11.6 Å². The fourth-order valence-corrected chi connectivity index (χ4v) is 2.29. The third kappa shape index (κ3) is 2.18. The highest BCUT2D eigenvalue weighted by Crippen LogP contribution is 2.41. The Hall–Kier alpha value is -3.35. The van der Waals surface area contributed by atoms with Crippen molar-refractivity contribution in [3.8, 4) is 40.1 Å². The molecule has 0 unspecified atom stereocenters. The average molecular weight is 316 g/mol. The zero-order valence-electron chi connectivity index (χ0n) is 11.9. The number of hydrogen-bond acceptors (Lipinski definition) is 7. The van der Waals surface area contributed by atoms with E-state index in [-0.39, 0.29) is 28.2 Å². The van der Waals surface area contributed by atoms with Crippen molar-refractivity contribution in [3.63, 3.8) is 0 Å². The largest absolute Gasteiger partial charge is 0.508 e. The molecule has 1 heterocycles. The van der Waals surface area contributed by atoms with Crippen molar-refractivity contribution < 1.29 is 29.6 Å². The zero-order valence-corrected chi connectivity index (χ0v) is 11.9. The lowest BCUT2D eigenvalue weighted by Crippen LogP contribution is -2.08. The van der Waals surface area contributed by atoms with Gasteiger partial charge in [-0.1, -0.05) is 0 Å². The second-order valence-electron chi connectivity index (χ2n) is 4.81. The van der Waals surface area contributed by atoms with E-state index in [1.807, 2.05) is 0 Å². The summed E-state index contributed by atoms with van der Waals surface area (Å²) >= 11 is 0. The molecule has 0 spiro atoms. The number of phenolic OH excluding ortho intramolecular Hbond substituents is 4. The molecule has 0 aliphatic rings. The number of hydrogen-bond donors (Lipinski definition) is 4. The molecule has 4 N–H and O–H groups in total. The highest BCUT2D eigenvalue weighted by Gasteiger charge is 2.23. The van der Waals surface area contributed by atoms with Gasteiger partial charge in [0.1, 0.15) is 16.9 Å². The Balaban J connectivity index is 2.45. The van der Waals surface area contributed by atoms with Crippen LogP contribution < -0.4 is 10.2 Å². The molecule has 0 fully saturated rings. The van der Waals surface area contributed by atoms with Gasteiger partial charge in [-0.3, -0.25) is 4.79 Å². The van der Waals surface area contributed by atoms with Gasteiger partial charge in [-0.05, 0) is 24.3 Å². The fourth-order valence-electron chi connectivity index (χ4n) is 2.29. The lowest BCUT2D eigenvalue weighted by atomic mass is 10.1. The normalized spacial score (nSPS) is 10.8. The van der Waals surface area contributed by atoms with E-state index in [1.54, 1.807) is 0 Å². The molecule has 0 atom stereocenters. The van der Waals surface area contributed by atoms with Gasteiger partial charge >= 0.3 is 0 Å². The van der Waals surface area contributed by atoms with Crippen molar-refractivity contribution in [2.45, 2.75) is 0 Å². The Morgan fingerprint density at radius 1 is 1.00 bits per heavy atom. The molecule has 0 aliphatic heterocycles. The first-order valence-electron chi connectivity index (χ1n) is 6.52. The van der Waals surface area contributed by atoms with Gasteiger partial charge in [0.15, 0.2) is 17.1 Å². The van der Waals surface area contributed by atoms with Crippen LogP contribution in [0.4, 0.5) is 0 Å². The van der Waals surface area contributed by atoms with Gasteiger partial charge < -0.3 is 29.6 Å². The minimum absolute atomic E-state index is 0.00898. The smallest absolute Gasteiger partial charge is 0.239 e. The van der Waals surface area contributed by atoms with Crippen LogP contribution in [0.25, 0.3) is 22.3 Å². The maximum atomic E-state index is 12.5. The second-order valence-corrected chi connectivity index (χ2v) is 4.81. The predicted octanol–water partition coefficient (Wildman–Crippen LogP) is 2.29. The summed E-state index contributed by atoms with van der Waals surface area (Å²) in [5, 5.41) is 38.4. The fraction of sp³-hybridized carbons (Fsp3) is 0.0625. The zero-order chi connectivity index (χ0) is 16.7. The first-order valence-corrected chi connectivity index (χ1v) is 6.52. The SMILES string of the molecule is COc1c(-c2ccc(O)cc2)oc2c(O)c(O)cc(O)c2c1=O. The summed E-state index contributed by atoms with van der Waals surface area (Å²) in [5.41, 5.74) is -0.665. The minimum Gasteiger partial charge on any atom is -0.508 e. The van der Waals surface area contributed by atoms with Crippen LogP contribution in [-0.2, 0) is 0 Å². The van der Waals surface area contributed by atoms with Crippen molar-refractivity contribution in [2.75, 3.05) is 7.11 Å². The van der Waals surface area contributed by atoms with Crippen molar-refractivity contribution in [2.24, 2.45) is 0 Å². The van der Waals surface area contributed by atoms with Crippen molar-refractivity contribution >= 4 is 11.0 Å². The van der Waals surface area contributed by atoms with E-state index in [0.29, 0.717) is 5.56 Å². The molecule has 0 aliphatic carbocycles. The van der Waals surface area contributed by atoms with Crippen molar-refractivity contribution in [1.82, 2.24) is 0 Å². The summed E-state index contributed by atoms with van der Waals surface area (Å²) in [6.45, 7) is 0. The van der Waals surface area contributed by atoms with E-state index < -0.39 is 22.7 Å². The third-order valence-corrected chi connectivity index (χ3v) is 3.39. The highest BCUT2D eigenvalue weighted by molar-refractivity contribution is 5.92. The van der Waals surface area contributed by atoms with E-state index in [2.05, 4.69) is 0 Å². The molecule has 0 bridgehead atoms. The van der Waals surface area contributed by atoms with Gasteiger partial charge in [-0.15, -0.1) is 0 Å². The number of aromatic hydroxyl groups is 4. The number of fused-ring (bicyclic) bond motifs is 1. The topological polar surface area (TPSA) is 120 Å². The molecule has 118 valence electrons. The van der Waals surface area contributed by atoms with Crippen LogP contribution in [-0.4, -0.2) is 27.5 Å². The number of benzene rings is 2. The third-order valence-electron chi connectivity index (χ3n) is 3.39. The quantitative estimate of drug-likeness (QED) is 0.423. The van der Waals surface area contributed by atoms with Crippen molar-refractivity contribution in [3.05, 3.63) is 40.6 Å². The van der Waals surface area contributed by atoms with Crippen LogP contribution >= 0.6 is 0 Å². The van der Waals surface area contributed by atoms with E-state index in [9.17, 15) is 25.2 Å². The van der Waals surface area contributed by atoms with Gasteiger partial charge in [0.05, 0.1) is 7.11 Å².